The van der Waals surface area contributed by atoms with Crippen molar-refractivity contribution in [2.75, 3.05) is 5.32 Å². The summed E-state index contributed by atoms with van der Waals surface area (Å²) < 4.78 is 39.1. The topological polar surface area (TPSA) is 97.7 Å². The smallest absolute Gasteiger partial charge is 0.321 e. The lowest BCUT2D eigenvalue weighted by Crippen LogP contribution is -2.12. The fraction of sp³-hybridized carbons (Fsp3) is 0.130. The van der Waals surface area contributed by atoms with E-state index >= 15 is 0 Å². The molecule has 178 valence electrons. The Kier molecular flexibility index (Phi) is 7.17. The number of carbonyl (C=O) groups excluding carboxylic acids is 2. The number of hydrogen-bond donors (Lipinski definition) is 1. The molecule has 3 heterocycles. The summed E-state index contributed by atoms with van der Waals surface area (Å²) in [5, 5.41) is 2.47. The summed E-state index contributed by atoms with van der Waals surface area (Å²) in [5.74, 6) is -0.841. The van der Waals surface area contributed by atoms with Gasteiger partial charge in [-0.1, -0.05) is 11.6 Å². The molecule has 4 aromatic rings. The summed E-state index contributed by atoms with van der Waals surface area (Å²) in [6.07, 6.45) is 1.60. The molecule has 0 aliphatic heterocycles. The Morgan fingerprint density at radius 1 is 1.06 bits per heavy atom. The van der Waals surface area contributed by atoms with Crippen LogP contribution in [0.1, 0.15) is 37.2 Å². The van der Waals surface area contributed by atoms with Crippen LogP contribution in [0, 0.1) is 0 Å². The zero-order valence-corrected chi connectivity index (χ0v) is 19.3. The van der Waals surface area contributed by atoms with E-state index in [1.54, 1.807) is 24.5 Å². The number of pyridine rings is 1. The summed E-state index contributed by atoms with van der Waals surface area (Å²) in [7, 11) is 0. The first-order chi connectivity index (χ1) is 16.7. The van der Waals surface area contributed by atoms with Crippen molar-refractivity contribution in [3.05, 3.63) is 87.5 Å². The number of Topliss-reactive ketones (excluding diaryl/α,β-unsaturated/α-hetero) is 1. The SMILES string of the molecule is O=C(CCc1ncc(C(=O)Nc2ccc(Cl)c(C(F)(F)F)c2)s1)c1cc(-c2cccnc2)ncn1. The van der Waals surface area contributed by atoms with Gasteiger partial charge >= 0.3 is 6.18 Å². The van der Waals surface area contributed by atoms with Crippen LogP contribution in [-0.4, -0.2) is 31.6 Å². The molecule has 0 spiro atoms. The van der Waals surface area contributed by atoms with Crippen LogP contribution < -0.4 is 5.32 Å². The van der Waals surface area contributed by atoms with Crippen LogP contribution in [0.3, 0.4) is 0 Å². The molecule has 4 rings (SSSR count). The molecule has 0 atom stereocenters. The molecule has 0 radical (unpaired) electrons. The number of ketones is 1. The molecule has 0 saturated heterocycles. The van der Waals surface area contributed by atoms with Crippen LogP contribution in [0.15, 0.2) is 61.3 Å². The van der Waals surface area contributed by atoms with Gasteiger partial charge in [0.05, 0.1) is 27.5 Å². The second-order valence-corrected chi connectivity index (χ2v) is 8.74. The van der Waals surface area contributed by atoms with Gasteiger partial charge in [-0.3, -0.25) is 14.6 Å². The van der Waals surface area contributed by atoms with Gasteiger partial charge in [-0.25, -0.2) is 15.0 Å². The molecule has 0 aliphatic rings. The third kappa shape index (κ3) is 6.06. The minimum Gasteiger partial charge on any atom is -0.321 e. The van der Waals surface area contributed by atoms with E-state index in [-0.39, 0.29) is 34.9 Å². The number of nitrogens with zero attached hydrogens (tertiary/aromatic N) is 4. The number of nitrogens with one attached hydrogen (secondary N) is 1. The van der Waals surface area contributed by atoms with Crippen LogP contribution in [-0.2, 0) is 12.6 Å². The highest BCUT2D eigenvalue weighted by Gasteiger charge is 2.33. The van der Waals surface area contributed by atoms with E-state index < -0.39 is 22.7 Å². The number of hydrogen-bond acceptors (Lipinski definition) is 7. The number of aryl methyl sites for hydroxylation is 1. The number of halogens is 4. The first-order valence-electron chi connectivity index (χ1n) is 10.1. The summed E-state index contributed by atoms with van der Waals surface area (Å²) in [6, 6.07) is 8.27. The number of benzene rings is 1. The molecule has 1 aromatic carbocycles. The Labute approximate surface area is 206 Å². The number of amides is 1. The second kappa shape index (κ2) is 10.3. The first kappa shape index (κ1) is 24.4. The van der Waals surface area contributed by atoms with Crippen molar-refractivity contribution in [1.29, 1.82) is 0 Å². The highest BCUT2D eigenvalue weighted by Crippen LogP contribution is 2.36. The zero-order chi connectivity index (χ0) is 25.0. The van der Waals surface area contributed by atoms with Crippen molar-refractivity contribution >= 4 is 40.3 Å². The van der Waals surface area contributed by atoms with Crippen molar-refractivity contribution in [3.63, 3.8) is 0 Å². The number of aromatic nitrogens is 4. The quantitative estimate of drug-likeness (QED) is 0.314. The van der Waals surface area contributed by atoms with E-state index in [1.807, 2.05) is 6.07 Å². The second-order valence-electron chi connectivity index (χ2n) is 7.22. The van der Waals surface area contributed by atoms with Gasteiger partial charge in [0.25, 0.3) is 5.91 Å². The zero-order valence-electron chi connectivity index (χ0n) is 17.7. The molecule has 3 aromatic heterocycles. The third-order valence-electron chi connectivity index (χ3n) is 4.78. The van der Waals surface area contributed by atoms with Crippen LogP contribution in [0.25, 0.3) is 11.3 Å². The van der Waals surface area contributed by atoms with E-state index in [0.29, 0.717) is 10.7 Å². The Morgan fingerprint density at radius 2 is 1.89 bits per heavy atom. The van der Waals surface area contributed by atoms with Crippen molar-refractivity contribution < 1.29 is 22.8 Å². The fourth-order valence-corrected chi connectivity index (χ4v) is 4.11. The molecule has 0 saturated carbocycles. The van der Waals surface area contributed by atoms with Crippen LogP contribution in [0.5, 0.6) is 0 Å². The van der Waals surface area contributed by atoms with Crippen molar-refractivity contribution in [1.82, 2.24) is 19.9 Å². The first-order valence-corrected chi connectivity index (χ1v) is 11.3. The minimum atomic E-state index is -4.65. The van der Waals surface area contributed by atoms with E-state index in [9.17, 15) is 22.8 Å². The van der Waals surface area contributed by atoms with Gasteiger partial charge in [0.15, 0.2) is 5.78 Å². The van der Waals surface area contributed by atoms with Gasteiger partial charge in [0.2, 0.25) is 0 Å². The Bertz CT molecular complexity index is 1380. The molecular weight excluding hydrogens is 503 g/mol. The van der Waals surface area contributed by atoms with E-state index in [0.717, 1.165) is 29.0 Å². The van der Waals surface area contributed by atoms with Gasteiger partial charge in [-0.2, -0.15) is 13.2 Å². The lowest BCUT2D eigenvalue weighted by atomic mass is 10.1. The summed E-state index contributed by atoms with van der Waals surface area (Å²) >= 11 is 6.65. The lowest BCUT2D eigenvalue weighted by Gasteiger charge is -2.11. The third-order valence-corrected chi connectivity index (χ3v) is 6.17. The summed E-state index contributed by atoms with van der Waals surface area (Å²) in [4.78, 5) is 41.6. The number of carbonyl (C=O) groups is 2. The molecular formula is C23H15ClF3N5O2S. The van der Waals surface area contributed by atoms with Crippen LogP contribution in [0.4, 0.5) is 18.9 Å². The van der Waals surface area contributed by atoms with Gasteiger partial charge in [0, 0.05) is 36.5 Å². The van der Waals surface area contributed by atoms with Gasteiger partial charge in [-0.15, -0.1) is 11.3 Å². The fourth-order valence-electron chi connectivity index (χ4n) is 3.07. The van der Waals surface area contributed by atoms with Crippen molar-refractivity contribution in [2.45, 2.75) is 19.0 Å². The average molecular weight is 518 g/mol. The summed E-state index contributed by atoms with van der Waals surface area (Å²) in [5.41, 5.74) is 0.474. The largest absolute Gasteiger partial charge is 0.417 e. The normalized spacial score (nSPS) is 11.3. The summed E-state index contributed by atoms with van der Waals surface area (Å²) in [6.45, 7) is 0. The average Bonchev–Trinajstić information content (AvgIpc) is 3.33. The maximum absolute atomic E-state index is 13.0. The number of thiazole rings is 1. The number of alkyl halides is 3. The van der Waals surface area contributed by atoms with E-state index in [2.05, 4.69) is 25.3 Å². The maximum Gasteiger partial charge on any atom is 0.417 e. The monoisotopic (exact) mass is 517 g/mol. The molecule has 12 heteroatoms. The highest BCUT2D eigenvalue weighted by atomic mass is 35.5. The molecule has 0 fully saturated rings. The lowest BCUT2D eigenvalue weighted by molar-refractivity contribution is -0.137. The molecule has 7 nitrogen and oxygen atoms in total. The Hall–Kier alpha value is -3.70. The molecule has 1 N–H and O–H groups in total. The Morgan fingerprint density at radius 3 is 2.63 bits per heavy atom. The Balaban J connectivity index is 1.38. The van der Waals surface area contributed by atoms with Crippen molar-refractivity contribution in [2.24, 2.45) is 0 Å². The number of rotatable bonds is 7. The maximum atomic E-state index is 13.0. The van der Waals surface area contributed by atoms with Gasteiger partial charge < -0.3 is 5.32 Å². The number of anilines is 1. The molecule has 1 amide bonds. The van der Waals surface area contributed by atoms with Gasteiger partial charge in [0.1, 0.15) is 16.9 Å². The highest BCUT2D eigenvalue weighted by molar-refractivity contribution is 7.13. The predicted molar refractivity (Wildman–Crippen MR) is 124 cm³/mol. The standard InChI is InChI=1S/C23H15ClF3N5O2S/c24-16-4-3-14(8-15(16)23(25,26)27)32-22(34)20-11-29-21(35-20)6-5-19(33)18-9-17(30-12-31-18)13-2-1-7-28-10-13/h1-4,7-12H,5-6H2,(H,32,34). The molecule has 35 heavy (non-hydrogen) atoms. The van der Waals surface area contributed by atoms with E-state index in [4.69, 9.17) is 11.6 Å². The van der Waals surface area contributed by atoms with E-state index in [1.165, 1.54) is 18.6 Å². The van der Waals surface area contributed by atoms with Crippen LogP contribution >= 0.6 is 22.9 Å². The minimum absolute atomic E-state index is 0.0509. The van der Waals surface area contributed by atoms with Gasteiger partial charge in [-0.05, 0) is 36.4 Å². The molecule has 0 aliphatic carbocycles. The predicted octanol–water partition coefficient (Wildman–Crippen LogP) is 5.74. The molecule has 0 unspecified atom stereocenters. The van der Waals surface area contributed by atoms with Crippen molar-refractivity contribution in [3.8, 4) is 11.3 Å². The molecule has 0 bridgehead atoms. The van der Waals surface area contributed by atoms with Crippen LogP contribution in [0.2, 0.25) is 5.02 Å².